The van der Waals surface area contributed by atoms with Crippen molar-refractivity contribution in [3.05, 3.63) is 40.6 Å². The summed E-state index contributed by atoms with van der Waals surface area (Å²) >= 11 is 7.89. The largest absolute Gasteiger partial charge is 0.497 e. The first kappa shape index (κ1) is 13.4. The van der Waals surface area contributed by atoms with Crippen LogP contribution in [-0.2, 0) is 6.54 Å². The van der Waals surface area contributed by atoms with Gasteiger partial charge in [-0.25, -0.2) is 4.98 Å². The zero-order chi connectivity index (χ0) is 14.1. The van der Waals surface area contributed by atoms with E-state index in [1.807, 2.05) is 36.8 Å². The summed E-state index contributed by atoms with van der Waals surface area (Å²) in [6.07, 6.45) is 1.87. The maximum absolute atomic E-state index is 6.27. The zero-order valence-electron chi connectivity index (χ0n) is 11.2. The normalized spacial score (nSPS) is 12.8. The summed E-state index contributed by atoms with van der Waals surface area (Å²) in [6.45, 7) is 2.66. The van der Waals surface area contributed by atoms with Crippen LogP contribution in [0, 0.1) is 0 Å². The van der Waals surface area contributed by atoms with Crippen LogP contribution in [0.25, 0.3) is 11.0 Å². The van der Waals surface area contributed by atoms with Gasteiger partial charge in [0, 0.05) is 17.1 Å². The number of imidazole rings is 1. The molecule has 4 nitrogen and oxygen atoms in total. The lowest BCUT2D eigenvalue weighted by atomic mass is 10.3. The highest BCUT2D eigenvalue weighted by molar-refractivity contribution is 7.09. The van der Waals surface area contributed by atoms with Crippen molar-refractivity contribution in [2.45, 2.75) is 18.8 Å². The highest BCUT2D eigenvalue weighted by atomic mass is 35.5. The van der Waals surface area contributed by atoms with Crippen molar-refractivity contribution in [3.8, 4) is 5.75 Å². The van der Waals surface area contributed by atoms with Crippen molar-refractivity contribution in [2.24, 2.45) is 0 Å². The summed E-state index contributed by atoms with van der Waals surface area (Å²) in [4.78, 5) is 9.92. The van der Waals surface area contributed by atoms with Crippen molar-refractivity contribution < 1.29 is 4.74 Å². The number of ether oxygens (including phenoxy) is 1. The van der Waals surface area contributed by atoms with Crippen molar-refractivity contribution in [2.75, 3.05) is 7.11 Å². The van der Waals surface area contributed by atoms with Gasteiger partial charge in [0.25, 0.3) is 0 Å². The Labute approximate surface area is 126 Å². The minimum Gasteiger partial charge on any atom is -0.497 e. The number of thiazole rings is 1. The number of fused-ring (bicyclic) bond motifs is 1. The van der Waals surface area contributed by atoms with Gasteiger partial charge in [0.1, 0.15) is 11.6 Å². The fourth-order valence-electron chi connectivity index (χ4n) is 2.19. The van der Waals surface area contributed by atoms with Gasteiger partial charge >= 0.3 is 0 Å². The second kappa shape index (κ2) is 5.42. The van der Waals surface area contributed by atoms with Gasteiger partial charge in [-0.3, -0.25) is 4.98 Å². The number of halogens is 1. The maximum Gasteiger partial charge on any atom is 0.128 e. The van der Waals surface area contributed by atoms with E-state index in [4.69, 9.17) is 16.3 Å². The van der Waals surface area contributed by atoms with Crippen LogP contribution in [0.2, 0.25) is 0 Å². The Bertz CT molecular complexity index is 721. The standard InChI is InChI=1S/C14H14ClN3OS/c1-9(15)14-17-12-4-3-10(19-2)5-13(12)18(14)7-11-6-16-8-20-11/h3-6,8-9H,7H2,1-2H3. The van der Waals surface area contributed by atoms with Crippen LogP contribution in [0.1, 0.15) is 23.0 Å². The first-order chi connectivity index (χ1) is 9.69. The van der Waals surface area contributed by atoms with E-state index >= 15 is 0 Å². The van der Waals surface area contributed by atoms with E-state index in [0.29, 0.717) is 0 Å². The molecule has 0 spiro atoms. The smallest absolute Gasteiger partial charge is 0.128 e. The third kappa shape index (κ3) is 2.39. The third-order valence-electron chi connectivity index (χ3n) is 3.14. The Balaban J connectivity index is 2.16. The van der Waals surface area contributed by atoms with Crippen molar-refractivity contribution in [1.82, 2.24) is 14.5 Å². The topological polar surface area (TPSA) is 39.9 Å². The lowest BCUT2D eigenvalue weighted by Gasteiger charge is -2.09. The van der Waals surface area contributed by atoms with E-state index in [9.17, 15) is 0 Å². The number of hydrogen-bond acceptors (Lipinski definition) is 4. The Morgan fingerprint density at radius 3 is 2.95 bits per heavy atom. The number of benzene rings is 1. The van der Waals surface area contributed by atoms with Gasteiger partial charge in [0.15, 0.2) is 0 Å². The number of rotatable bonds is 4. The predicted molar refractivity (Wildman–Crippen MR) is 81.8 cm³/mol. The minimum absolute atomic E-state index is 0.152. The van der Waals surface area contributed by atoms with E-state index in [0.717, 1.165) is 29.2 Å². The number of aromatic nitrogens is 3. The van der Waals surface area contributed by atoms with Crippen molar-refractivity contribution >= 4 is 34.0 Å². The average molecular weight is 308 g/mol. The van der Waals surface area contributed by atoms with Crippen LogP contribution < -0.4 is 4.74 Å². The zero-order valence-corrected chi connectivity index (χ0v) is 12.8. The number of methoxy groups -OCH3 is 1. The first-order valence-electron chi connectivity index (χ1n) is 6.24. The van der Waals surface area contributed by atoms with Gasteiger partial charge < -0.3 is 9.30 Å². The molecule has 0 aliphatic rings. The molecular weight excluding hydrogens is 294 g/mol. The molecule has 0 N–H and O–H groups in total. The molecule has 0 saturated carbocycles. The molecule has 0 aliphatic heterocycles. The summed E-state index contributed by atoms with van der Waals surface area (Å²) in [6, 6.07) is 5.86. The summed E-state index contributed by atoms with van der Waals surface area (Å²) in [7, 11) is 1.66. The minimum atomic E-state index is -0.152. The van der Waals surface area contributed by atoms with E-state index in [1.165, 1.54) is 4.88 Å². The van der Waals surface area contributed by atoms with Gasteiger partial charge in [-0.1, -0.05) is 0 Å². The molecule has 20 heavy (non-hydrogen) atoms. The van der Waals surface area contributed by atoms with Crippen LogP contribution in [0.3, 0.4) is 0 Å². The first-order valence-corrected chi connectivity index (χ1v) is 7.56. The van der Waals surface area contributed by atoms with E-state index < -0.39 is 0 Å². The molecule has 2 heterocycles. The maximum atomic E-state index is 6.27. The molecule has 0 bridgehead atoms. The van der Waals surface area contributed by atoms with E-state index in [-0.39, 0.29) is 5.38 Å². The fourth-order valence-corrected chi connectivity index (χ4v) is 2.94. The van der Waals surface area contributed by atoms with Gasteiger partial charge in [0.2, 0.25) is 0 Å². The molecule has 0 amide bonds. The Kier molecular flexibility index (Phi) is 3.63. The molecule has 0 saturated heterocycles. The number of alkyl halides is 1. The lowest BCUT2D eigenvalue weighted by molar-refractivity contribution is 0.415. The van der Waals surface area contributed by atoms with Crippen LogP contribution in [0.15, 0.2) is 29.9 Å². The number of hydrogen-bond donors (Lipinski definition) is 0. The molecule has 1 aromatic carbocycles. The average Bonchev–Trinajstić information content (AvgIpc) is 3.07. The molecule has 0 aliphatic carbocycles. The summed E-state index contributed by atoms with van der Waals surface area (Å²) < 4.78 is 7.43. The molecule has 1 unspecified atom stereocenters. The Hall–Kier alpha value is -1.59. The Morgan fingerprint density at radius 1 is 1.45 bits per heavy atom. The number of nitrogens with zero attached hydrogens (tertiary/aromatic N) is 3. The molecule has 0 fully saturated rings. The van der Waals surface area contributed by atoms with Crippen LogP contribution >= 0.6 is 22.9 Å². The van der Waals surface area contributed by atoms with Crippen molar-refractivity contribution in [3.63, 3.8) is 0 Å². The predicted octanol–water partition coefficient (Wildman–Crippen LogP) is 3.85. The summed E-state index contributed by atoms with van der Waals surface area (Å²) in [5, 5.41) is -0.152. The monoisotopic (exact) mass is 307 g/mol. The van der Waals surface area contributed by atoms with E-state index in [1.54, 1.807) is 18.4 Å². The summed E-state index contributed by atoms with van der Waals surface area (Å²) in [5.41, 5.74) is 3.79. The third-order valence-corrected chi connectivity index (χ3v) is 4.10. The molecule has 6 heteroatoms. The van der Waals surface area contributed by atoms with Gasteiger partial charge in [-0.05, 0) is 19.1 Å². The van der Waals surface area contributed by atoms with E-state index in [2.05, 4.69) is 14.5 Å². The lowest BCUT2D eigenvalue weighted by Crippen LogP contribution is -2.04. The molecule has 1 atom stereocenters. The molecule has 0 radical (unpaired) electrons. The second-order valence-electron chi connectivity index (χ2n) is 4.49. The van der Waals surface area contributed by atoms with Gasteiger partial charge in [-0.2, -0.15) is 0 Å². The van der Waals surface area contributed by atoms with Crippen LogP contribution in [0.4, 0.5) is 0 Å². The molecule has 2 aromatic heterocycles. The molecule has 104 valence electrons. The van der Waals surface area contributed by atoms with Crippen LogP contribution in [-0.4, -0.2) is 21.6 Å². The Morgan fingerprint density at radius 2 is 2.30 bits per heavy atom. The molecule has 3 rings (SSSR count). The van der Waals surface area contributed by atoms with Gasteiger partial charge in [-0.15, -0.1) is 22.9 Å². The quantitative estimate of drug-likeness (QED) is 0.687. The summed E-state index contributed by atoms with van der Waals surface area (Å²) in [5.74, 6) is 1.68. The van der Waals surface area contributed by atoms with Crippen molar-refractivity contribution in [1.29, 1.82) is 0 Å². The molecular formula is C14H14ClN3OS. The second-order valence-corrected chi connectivity index (χ2v) is 6.12. The highest BCUT2D eigenvalue weighted by Crippen LogP contribution is 2.28. The van der Waals surface area contributed by atoms with Crippen LogP contribution in [0.5, 0.6) is 5.75 Å². The fraction of sp³-hybridized carbons (Fsp3) is 0.286. The SMILES string of the molecule is COc1ccc2nc(C(C)Cl)n(Cc3cncs3)c2c1. The molecule has 3 aromatic rings. The van der Waals surface area contributed by atoms with Gasteiger partial charge in [0.05, 0.1) is 35.6 Å². The highest BCUT2D eigenvalue weighted by Gasteiger charge is 2.16.